The van der Waals surface area contributed by atoms with Gasteiger partial charge in [0.25, 0.3) is 0 Å². The molecule has 0 bridgehead atoms. The van der Waals surface area contributed by atoms with Crippen LogP contribution in [0.5, 0.6) is 0 Å². The maximum absolute atomic E-state index is 7.92. The van der Waals surface area contributed by atoms with Crippen molar-refractivity contribution >= 4 is 5.71 Å². The summed E-state index contributed by atoms with van der Waals surface area (Å²) in [6.07, 6.45) is 0. The minimum atomic E-state index is -0.0833. The van der Waals surface area contributed by atoms with Crippen LogP contribution >= 0.6 is 0 Å². The van der Waals surface area contributed by atoms with Gasteiger partial charge in [-0.05, 0) is 0 Å². The largest absolute Gasteiger partial charge is 0.268 e. The number of hydrogen-bond acceptors (Lipinski definition) is 3. The second kappa shape index (κ2) is 2.87. The smallest absolute Gasteiger partial charge is 0.213 e. The summed E-state index contributed by atoms with van der Waals surface area (Å²) in [6.45, 7) is 0. The van der Waals surface area contributed by atoms with E-state index in [9.17, 15) is 0 Å². The summed E-state index contributed by atoms with van der Waals surface area (Å²) in [6, 6.07) is 3.18. The summed E-state index contributed by atoms with van der Waals surface area (Å²) in [5, 5.41) is 15.8. The van der Waals surface area contributed by atoms with Crippen LogP contribution in [0.15, 0.2) is 4.99 Å². The topological polar surface area (TPSA) is 59.9 Å². The lowest BCUT2D eigenvalue weighted by molar-refractivity contribution is 1.43. The fourth-order valence-corrected chi connectivity index (χ4v) is 0.125. The first-order valence-corrected chi connectivity index (χ1v) is 1.62. The molecule has 0 aliphatic rings. The molecule has 0 rings (SSSR count). The number of rotatable bonds is 0. The van der Waals surface area contributed by atoms with Crippen molar-refractivity contribution in [3.63, 3.8) is 0 Å². The molecule has 0 fully saturated rings. The maximum atomic E-state index is 7.92. The Balaban J connectivity index is 4.03. The molecule has 0 amide bonds. The van der Waals surface area contributed by atoms with E-state index in [4.69, 9.17) is 10.5 Å². The minimum absolute atomic E-state index is 0.0833. The lowest BCUT2D eigenvalue weighted by Crippen LogP contribution is -1.84. The van der Waals surface area contributed by atoms with Gasteiger partial charge in [-0.3, -0.25) is 4.99 Å². The van der Waals surface area contributed by atoms with E-state index in [0.717, 1.165) is 0 Å². The van der Waals surface area contributed by atoms with E-state index in [0.29, 0.717) is 0 Å². The highest BCUT2D eigenvalue weighted by atomic mass is 14.7. The quantitative estimate of drug-likeness (QED) is 0.399. The maximum Gasteiger partial charge on any atom is 0.213 e. The van der Waals surface area contributed by atoms with Crippen LogP contribution < -0.4 is 0 Å². The lowest BCUT2D eigenvalue weighted by atomic mass is 10.5. The van der Waals surface area contributed by atoms with Gasteiger partial charge in [-0.15, -0.1) is 0 Å². The van der Waals surface area contributed by atoms with Gasteiger partial charge in [-0.25, -0.2) is 0 Å². The first-order valence-electron chi connectivity index (χ1n) is 1.62. The molecule has 0 radical (unpaired) electrons. The van der Waals surface area contributed by atoms with E-state index < -0.39 is 0 Å². The zero-order valence-corrected chi connectivity index (χ0v) is 3.84. The fourth-order valence-electron chi connectivity index (χ4n) is 0.125. The molecular formula is C4H3N3. The molecule has 7 heavy (non-hydrogen) atoms. The molecule has 0 N–H and O–H groups in total. The monoisotopic (exact) mass is 93.0 g/mol. The molecule has 0 heterocycles. The molecule has 3 nitrogen and oxygen atoms in total. The van der Waals surface area contributed by atoms with Gasteiger partial charge in [0, 0.05) is 7.05 Å². The number of nitrogens with zero attached hydrogens (tertiary/aromatic N) is 3. The van der Waals surface area contributed by atoms with Crippen molar-refractivity contribution in [3.05, 3.63) is 0 Å². The van der Waals surface area contributed by atoms with Gasteiger partial charge < -0.3 is 0 Å². The van der Waals surface area contributed by atoms with Crippen molar-refractivity contribution in [2.75, 3.05) is 7.05 Å². The lowest BCUT2D eigenvalue weighted by Gasteiger charge is -1.67. The summed E-state index contributed by atoms with van der Waals surface area (Å²) in [5.74, 6) is 0. The average Bonchev–Trinajstić information content (AvgIpc) is 1.72. The molecule has 0 atom stereocenters. The summed E-state index contributed by atoms with van der Waals surface area (Å²) < 4.78 is 0. The van der Waals surface area contributed by atoms with E-state index in [-0.39, 0.29) is 5.71 Å². The van der Waals surface area contributed by atoms with E-state index in [1.165, 1.54) is 7.05 Å². The minimum Gasteiger partial charge on any atom is -0.268 e. The van der Waals surface area contributed by atoms with Crippen LogP contribution in [0.2, 0.25) is 0 Å². The fraction of sp³-hybridized carbons (Fsp3) is 0.250. The highest BCUT2D eigenvalue weighted by molar-refractivity contribution is 6.10. The Morgan fingerprint density at radius 3 is 1.86 bits per heavy atom. The van der Waals surface area contributed by atoms with Crippen molar-refractivity contribution in [3.8, 4) is 12.1 Å². The zero-order valence-electron chi connectivity index (χ0n) is 3.84. The first-order chi connectivity index (χ1) is 3.35. The van der Waals surface area contributed by atoms with E-state index >= 15 is 0 Å². The Morgan fingerprint density at radius 1 is 1.43 bits per heavy atom. The van der Waals surface area contributed by atoms with Crippen molar-refractivity contribution < 1.29 is 0 Å². The Bertz CT molecular complexity index is 139. The second-order valence-corrected chi connectivity index (χ2v) is 0.796. The standard InChI is InChI=1S/C4H3N3/c1-7-4(2-5)3-6/h1H3. The van der Waals surface area contributed by atoms with Crippen LogP contribution in [0.4, 0.5) is 0 Å². The van der Waals surface area contributed by atoms with Crippen molar-refractivity contribution in [1.82, 2.24) is 0 Å². The number of aliphatic imine (C=N–C) groups is 1. The Morgan fingerprint density at radius 2 is 1.86 bits per heavy atom. The van der Waals surface area contributed by atoms with Gasteiger partial charge >= 0.3 is 0 Å². The molecule has 0 aromatic rings. The molecule has 0 saturated heterocycles. The third kappa shape index (κ3) is 1.51. The van der Waals surface area contributed by atoms with Crippen LogP contribution in [-0.4, -0.2) is 12.8 Å². The van der Waals surface area contributed by atoms with Crippen molar-refractivity contribution in [1.29, 1.82) is 10.5 Å². The van der Waals surface area contributed by atoms with Crippen LogP contribution in [0.3, 0.4) is 0 Å². The molecular weight excluding hydrogens is 90.1 g/mol. The molecule has 0 aliphatic heterocycles. The predicted molar refractivity (Wildman–Crippen MR) is 24.6 cm³/mol. The molecule has 34 valence electrons. The Hall–Kier alpha value is -1.35. The molecule has 0 aliphatic carbocycles. The first kappa shape index (κ1) is 5.65. The molecule has 3 heteroatoms. The predicted octanol–water partition coefficient (Wildman–Crippen LogP) is 0.104. The van der Waals surface area contributed by atoms with Gasteiger partial charge in [-0.2, -0.15) is 10.5 Å². The van der Waals surface area contributed by atoms with Gasteiger partial charge in [-0.1, -0.05) is 0 Å². The summed E-state index contributed by atoms with van der Waals surface area (Å²) in [4.78, 5) is 3.32. The highest BCUT2D eigenvalue weighted by Gasteiger charge is 1.84. The van der Waals surface area contributed by atoms with Gasteiger partial charge in [0.05, 0.1) is 0 Å². The third-order valence-electron chi connectivity index (χ3n) is 0.435. The van der Waals surface area contributed by atoms with Gasteiger partial charge in [0.2, 0.25) is 5.71 Å². The molecule has 0 aromatic carbocycles. The normalized spacial score (nSPS) is 5.57. The summed E-state index contributed by atoms with van der Waals surface area (Å²) in [7, 11) is 1.40. The average molecular weight is 93.1 g/mol. The third-order valence-corrected chi connectivity index (χ3v) is 0.435. The molecule has 0 unspecified atom stereocenters. The molecule has 0 spiro atoms. The van der Waals surface area contributed by atoms with Gasteiger partial charge in [0.15, 0.2) is 0 Å². The van der Waals surface area contributed by atoms with E-state index in [1.807, 2.05) is 0 Å². The van der Waals surface area contributed by atoms with Crippen LogP contribution in [0.25, 0.3) is 0 Å². The SMILES string of the molecule is CN=C(C#N)C#N. The van der Waals surface area contributed by atoms with Crippen molar-refractivity contribution in [2.24, 2.45) is 4.99 Å². The van der Waals surface area contributed by atoms with Gasteiger partial charge in [0.1, 0.15) is 12.1 Å². The highest BCUT2D eigenvalue weighted by Crippen LogP contribution is 1.65. The van der Waals surface area contributed by atoms with E-state index in [2.05, 4.69) is 4.99 Å². The van der Waals surface area contributed by atoms with E-state index in [1.54, 1.807) is 12.1 Å². The van der Waals surface area contributed by atoms with Crippen LogP contribution in [-0.2, 0) is 0 Å². The summed E-state index contributed by atoms with van der Waals surface area (Å²) in [5.41, 5.74) is -0.0833. The zero-order chi connectivity index (χ0) is 5.70. The van der Waals surface area contributed by atoms with Crippen LogP contribution in [0.1, 0.15) is 0 Å². The number of hydrogen-bond donors (Lipinski definition) is 0. The molecule has 0 aromatic heterocycles. The van der Waals surface area contributed by atoms with Crippen LogP contribution in [0, 0.1) is 22.7 Å². The summed E-state index contributed by atoms with van der Waals surface area (Å²) >= 11 is 0. The number of nitriles is 2. The second-order valence-electron chi connectivity index (χ2n) is 0.796. The van der Waals surface area contributed by atoms with Crippen molar-refractivity contribution in [2.45, 2.75) is 0 Å². The molecule has 0 saturated carbocycles. The Kier molecular flexibility index (Phi) is 2.31. The Labute approximate surface area is 41.5 Å².